The number of hydrogen-bond donors (Lipinski definition) is 1. The number of nitrogens with one attached hydrogen (secondary N) is 1. The van der Waals surface area contributed by atoms with Gasteiger partial charge in [0.2, 0.25) is 0 Å². The van der Waals surface area contributed by atoms with Crippen LogP contribution in [0.25, 0.3) is 0 Å². The first-order valence-electron chi connectivity index (χ1n) is 6.93. The van der Waals surface area contributed by atoms with Crippen LogP contribution in [-0.4, -0.2) is 18.7 Å². The second-order valence-electron chi connectivity index (χ2n) is 5.26. The van der Waals surface area contributed by atoms with Gasteiger partial charge in [-0.2, -0.15) is 8.78 Å². The third kappa shape index (κ3) is 4.78. The average Bonchev–Trinajstić information content (AvgIpc) is 2.32. The van der Waals surface area contributed by atoms with Gasteiger partial charge in [0.05, 0.1) is 0 Å². The zero-order valence-corrected chi connectivity index (χ0v) is 11.2. The van der Waals surface area contributed by atoms with Crippen LogP contribution in [0.5, 0.6) is 5.75 Å². The molecule has 1 fully saturated rings. The largest absolute Gasteiger partial charge is 0.435 e. The quantitative estimate of drug-likeness (QED) is 0.814. The fourth-order valence-corrected chi connectivity index (χ4v) is 2.28. The molecule has 0 aromatic heterocycles. The zero-order valence-electron chi connectivity index (χ0n) is 11.2. The Morgan fingerprint density at radius 1 is 1.26 bits per heavy atom. The third-order valence-electron chi connectivity index (χ3n) is 3.64. The lowest BCUT2D eigenvalue weighted by Gasteiger charge is -2.30. The Kier molecular flexibility index (Phi) is 5.14. The van der Waals surface area contributed by atoms with Crippen molar-refractivity contribution in [2.75, 3.05) is 0 Å². The van der Waals surface area contributed by atoms with Crippen molar-refractivity contribution in [1.29, 1.82) is 0 Å². The summed E-state index contributed by atoms with van der Waals surface area (Å²) >= 11 is 0. The Morgan fingerprint density at radius 3 is 2.47 bits per heavy atom. The summed E-state index contributed by atoms with van der Waals surface area (Å²) < 4.78 is 28.3. The maximum absolute atomic E-state index is 12.0. The lowest BCUT2D eigenvalue weighted by atomic mass is 9.92. The molecule has 19 heavy (non-hydrogen) atoms. The van der Waals surface area contributed by atoms with Crippen LogP contribution in [0.15, 0.2) is 24.3 Å². The van der Waals surface area contributed by atoms with E-state index in [1.54, 1.807) is 12.1 Å². The van der Waals surface area contributed by atoms with E-state index < -0.39 is 6.61 Å². The molecule has 0 spiro atoms. The first-order chi connectivity index (χ1) is 9.13. The number of halogens is 2. The van der Waals surface area contributed by atoms with E-state index in [0.717, 1.165) is 18.4 Å². The first-order valence-corrected chi connectivity index (χ1v) is 6.93. The lowest BCUT2D eigenvalue weighted by molar-refractivity contribution is -0.0498. The minimum atomic E-state index is -2.75. The predicted molar refractivity (Wildman–Crippen MR) is 71.6 cm³/mol. The molecular formula is C15H21F2NO. The van der Waals surface area contributed by atoms with Crippen LogP contribution >= 0.6 is 0 Å². The Morgan fingerprint density at radius 2 is 1.95 bits per heavy atom. The molecule has 0 saturated heterocycles. The molecule has 2 rings (SSSR count). The van der Waals surface area contributed by atoms with Crippen molar-refractivity contribution in [3.05, 3.63) is 29.8 Å². The minimum Gasteiger partial charge on any atom is -0.435 e. The van der Waals surface area contributed by atoms with E-state index >= 15 is 0 Å². The van der Waals surface area contributed by atoms with E-state index in [4.69, 9.17) is 0 Å². The Labute approximate surface area is 113 Å². The molecule has 0 heterocycles. The lowest BCUT2D eigenvalue weighted by Crippen LogP contribution is -2.41. The summed E-state index contributed by atoms with van der Waals surface area (Å²) in [4.78, 5) is 0. The highest BCUT2D eigenvalue weighted by atomic mass is 19.3. The van der Waals surface area contributed by atoms with Gasteiger partial charge in [-0.05, 0) is 50.3 Å². The van der Waals surface area contributed by atoms with Crippen LogP contribution in [0, 0.1) is 0 Å². The van der Waals surface area contributed by atoms with E-state index in [0.29, 0.717) is 12.1 Å². The zero-order chi connectivity index (χ0) is 13.7. The average molecular weight is 269 g/mol. The smallest absolute Gasteiger partial charge is 0.387 e. The number of benzene rings is 1. The van der Waals surface area contributed by atoms with E-state index in [-0.39, 0.29) is 5.75 Å². The van der Waals surface area contributed by atoms with E-state index in [1.165, 1.54) is 19.3 Å². The van der Waals surface area contributed by atoms with Gasteiger partial charge in [0, 0.05) is 12.1 Å². The fourth-order valence-electron chi connectivity index (χ4n) is 2.28. The number of aryl methyl sites for hydroxylation is 1. The predicted octanol–water partition coefficient (Wildman–Crippen LogP) is 3.75. The normalized spacial score (nSPS) is 17.3. The third-order valence-corrected chi connectivity index (χ3v) is 3.64. The van der Waals surface area contributed by atoms with Gasteiger partial charge < -0.3 is 10.1 Å². The maximum atomic E-state index is 12.0. The summed E-state index contributed by atoms with van der Waals surface area (Å²) in [5.74, 6) is 0.222. The number of alkyl halides is 2. The molecule has 1 N–H and O–H groups in total. The minimum absolute atomic E-state index is 0.222. The summed E-state index contributed by atoms with van der Waals surface area (Å²) in [5, 5.41) is 3.60. The van der Waals surface area contributed by atoms with Gasteiger partial charge in [0.25, 0.3) is 0 Å². The molecule has 1 aromatic rings. The SMILES string of the molecule is CC(CCc1ccc(OC(F)F)cc1)NC1CCC1. The van der Waals surface area contributed by atoms with Crippen LogP contribution < -0.4 is 10.1 Å². The number of rotatable bonds is 7. The summed E-state index contributed by atoms with van der Waals surface area (Å²) in [6.45, 7) is -0.551. The van der Waals surface area contributed by atoms with E-state index in [9.17, 15) is 8.78 Å². The topological polar surface area (TPSA) is 21.3 Å². The molecule has 1 aliphatic carbocycles. The van der Waals surface area contributed by atoms with Gasteiger partial charge in [0.15, 0.2) is 0 Å². The summed E-state index contributed by atoms with van der Waals surface area (Å²) in [5.41, 5.74) is 1.16. The first kappa shape index (κ1) is 14.3. The monoisotopic (exact) mass is 269 g/mol. The Hall–Kier alpha value is -1.16. The second kappa shape index (κ2) is 6.85. The fraction of sp³-hybridized carbons (Fsp3) is 0.600. The van der Waals surface area contributed by atoms with Crippen LogP contribution in [-0.2, 0) is 6.42 Å². The van der Waals surface area contributed by atoms with Crippen molar-refractivity contribution in [2.24, 2.45) is 0 Å². The molecular weight excluding hydrogens is 248 g/mol. The van der Waals surface area contributed by atoms with Gasteiger partial charge in [0.1, 0.15) is 5.75 Å². The molecule has 4 heteroatoms. The standard InChI is InChI=1S/C15H21F2NO/c1-11(18-13-3-2-4-13)5-6-12-7-9-14(10-8-12)19-15(16)17/h7-11,13,15,18H,2-6H2,1H3. The van der Waals surface area contributed by atoms with Gasteiger partial charge in [-0.3, -0.25) is 0 Å². The van der Waals surface area contributed by atoms with Crippen LogP contribution in [0.4, 0.5) is 8.78 Å². The number of ether oxygens (including phenoxy) is 1. The van der Waals surface area contributed by atoms with Gasteiger partial charge in [-0.25, -0.2) is 0 Å². The maximum Gasteiger partial charge on any atom is 0.387 e. The highest BCUT2D eigenvalue weighted by Gasteiger charge is 2.18. The van der Waals surface area contributed by atoms with E-state index in [1.807, 2.05) is 12.1 Å². The number of hydrogen-bond acceptors (Lipinski definition) is 2. The molecule has 1 saturated carbocycles. The molecule has 1 atom stereocenters. The van der Waals surface area contributed by atoms with Crippen LogP contribution in [0.3, 0.4) is 0 Å². The summed E-state index contributed by atoms with van der Waals surface area (Å²) in [7, 11) is 0. The van der Waals surface area contributed by atoms with Gasteiger partial charge in [-0.1, -0.05) is 18.6 Å². The van der Waals surface area contributed by atoms with Crippen LogP contribution in [0.2, 0.25) is 0 Å². The van der Waals surface area contributed by atoms with Crippen molar-refractivity contribution < 1.29 is 13.5 Å². The van der Waals surface area contributed by atoms with Crippen LogP contribution in [0.1, 0.15) is 38.2 Å². The Balaban J connectivity index is 1.72. The van der Waals surface area contributed by atoms with Crippen molar-refractivity contribution >= 4 is 0 Å². The molecule has 1 aromatic carbocycles. The van der Waals surface area contributed by atoms with Gasteiger partial charge in [-0.15, -0.1) is 0 Å². The molecule has 106 valence electrons. The van der Waals surface area contributed by atoms with Crippen molar-refractivity contribution in [1.82, 2.24) is 5.32 Å². The van der Waals surface area contributed by atoms with Crippen molar-refractivity contribution in [3.63, 3.8) is 0 Å². The summed E-state index contributed by atoms with van der Waals surface area (Å²) in [6, 6.07) is 8.12. The van der Waals surface area contributed by atoms with Crippen molar-refractivity contribution in [2.45, 2.75) is 57.7 Å². The van der Waals surface area contributed by atoms with Gasteiger partial charge >= 0.3 is 6.61 Å². The second-order valence-corrected chi connectivity index (χ2v) is 5.26. The van der Waals surface area contributed by atoms with Crippen molar-refractivity contribution in [3.8, 4) is 5.75 Å². The molecule has 1 aliphatic rings. The molecule has 2 nitrogen and oxygen atoms in total. The highest BCUT2D eigenvalue weighted by Crippen LogP contribution is 2.20. The molecule has 1 unspecified atom stereocenters. The molecule has 0 aliphatic heterocycles. The molecule has 0 amide bonds. The summed E-state index contributed by atoms with van der Waals surface area (Å²) in [6.07, 6.45) is 5.95. The van der Waals surface area contributed by atoms with E-state index in [2.05, 4.69) is 17.0 Å². The highest BCUT2D eigenvalue weighted by molar-refractivity contribution is 5.27. The molecule has 0 bridgehead atoms. The molecule has 0 radical (unpaired) electrons. The Bertz CT molecular complexity index is 376.